The fourth-order valence-electron chi connectivity index (χ4n) is 3.62. The predicted molar refractivity (Wildman–Crippen MR) is 116 cm³/mol. The van der Waals surface area contributed by atoms with E-state index in [1.807, 2.05) is 13.0 Å². The van der Waals surface area contributed by atoms with Gasteiger partial charge in [-0.3, -0.25) is 0 Å². The number of aryl methyl sites for hydroxylation is 2. The summed E-state index contributed by atoms with van der Waals surface area (Å²) in [7, 11) is 0. The molecule has 5 nitrogen and oxygen atoms in total. The van der Waals surface area contributed by atoms with Gasteiger partial charge in [0.15, 0.2) is 0 Å². The van der Waals surface area contributed by atoms with Crippen LogP contribution in [-0.4, -0.2) is 23.1 Å². The lowest BCUT2D eigenvalue weighted by molar-refractivity contribution is 0.949. The number of aromatic nitrogens is 2. The average molecular weight is 374 g/mol. The lowest BCUT2D eigenvalue weighted by Gasteiger charge is -2.18. The Bertz CT molecular complexity index is 930. The normalized spacial score (nSPS) is 13.6. The van der Waals surface area contributed by atoms with E-state index in [0.717, 1.165) is 42.8 Å². The molecule has 2 heterocycles. The molecule has 3 aromatic rings. The quantitative estimate of drug-likeness (QED) is 0.633. The van der Waals surface area contributed by atoms with E-state index >= 15 is 0 Å². The molecule has 0 saturated carbocycles. The molecule has 1 aliphatic heterocycles. The molecule has 1 aromatic heterocycles. The van der Waals surface area contributed by atoms with E-state index in [2.05, 4.69) is 81.0 Å². The van der Waals surface area contributed by atoms with Crippen LogP contribution in [0.1, 0.15) is 29.8 Å². The van der Waals surface area contributed by atoms with Crippen molar-refractivity contribution in [2.45, 2.75) is 33.2 Å². The molecule has 2 aromatic carbocycles. The van der Waals surface area contributed by atoms with Crippen LogP contribution in [0, 0.1) is 13.8 Å². The van der Waals surface area contributed by atoms with Crippen molar-refractivity contribution in [2.75, 3.05) is 28.6 Å². The maximum absolute atomic E-state index is 4.53. The van der Waals surface area contributed by atoms with Gasteiger partial charge in [-0.05, 0) is 56.5 Å². The molecule has 1 aliphatic rings. The maximum Gasteiger partial charge on any atom is 0.136 e. The maximum atomic E-state index is 4.53. The summed E-state index contributed by atoms with van der Waals surface area (Å²) in [6.45, 7) is 7.08. The van der Waals surface area contributed by atoms with Crippen molar-refractivity contribution in [1.29, 1.82) is 0 Å². The molecule has 0 spiro atoms. The van der Waals surface area contributed by atoms with E-state index in [9.17, 15) is 0 Å². The third kappa shape index (κ3) is 4.60. The van der Waals surface area contributed by atoms with Gasteiger partial charge in [0.25, 0.3) is 0 Å². The fraction of sp³-hybridized carbons (Fsp3) is 0.304. The Kier molecular flexibility index (Phi) is 5.42. The summed E-state index contributed by atoms with van der Waals surface area (Å²) in [6, 6.07) is 19.0. The van der Waals surface area contributed by atoms with Gasteiger partial charge in [0.2, 0.25) is 0 Å². The van der Waals surface area contributed by atoms with Gasteiger partial charge in [-0.1, -0.05) is 29.8 Å². The third-order valence-corrected chi connectivity index (χ3v) is 5.00. The molecular formula is C23H27N5. The number of nitrogens with one attached hydrogen (secondary N) is 2. The van der Waals surface area contributed by atoms with Crippen molar-refractivity contribution < 1.29 is 0 Å². The Morgan fingerprint density at radius 2 is 1.64 bits per heavy atom. The lowest BCUT2D eigenvalue weighted by atomic mass is 10.1. The molecule has 0 radical (unpaired) electrons. The Morgan fingerprint density at radius 1 is 0.893 bits per heavy atom. The number of benzene rings is 2. The summed E-state index contributed by atoms with van der Waals surface area (Å²) in [5.74, 6) is 2.36. The van der Waals surface area contributed by atoms with Crippen molar-refractivity contribution in [3.05, 3.63) is 71.5 Å². The van der Waals surface area contributed by atoms with Crippen molar-refractivity contribution in [3.63, 3.8) is 0 Å². The summed E-state index contributed by atoms with van der Waals surface area (Å²) in [6.07, 6.45) is 2.58. The minimum atomic E-state index is 0.738. The van der Waals surface area contributed by atoms with Crippen LogP contribution < -0.4 is 15.5 Å². The molecular weight excluding hydrogens is 346 g/mol. The number of anilines is 4. The van der Waals surface area contributed by atoms with Crippen LogP contribution in [0.5, 0.6) is 0 Å². The van der Waals surface area contributed by atoms with E-state index < -0.39 is 0 Å². The van der Waals surface area contributed by atoms with Crippen LogP contribution in [0.2, 0.25) is 0 Å². The second-order valence-corrected chi connectivity index (χ2v) is 7.39. The molecule has 0 bridgehead atoms. The largest absolute Gasteiger partial charge is 0.372 e. The predicted octanol–water partition coefficient (Wildman–Crippen LogP) is 5.05. The standard InChI is InChI=1S/C23H27N5/c1-17-6-5-7-19(14-17)16-24-22-15-23(26-18(2)25-22)27-20-8-10-21(11-9-20)28-12-3-4-13-28/h5-11,14-15H,3-4,12-13,16H2,1-2H3,(H2,24,25,26,27). The number of rotatable bonds is 6. The van der Waals surface area contributed by atoms with Gasteiger partial charge < -0.3 is 15.5 Å². The number of hydrogen-bond donors (Lipinski definition) is 2. The first-order valence-electron chi connectivity index (χ1n) is 9.93. The van der Waals surface area contributed by atoms with Crippen LogP contribution in [0.4, 0.5) is 23.0 Å². The van der Waals surface area contributed by atoms with E-state index in [1.165, 1.54) is 29.7 Å². The first-order chi connectivity index (χ1) is 13.7. The molecule has 1 saturated heterocycles. The second kappa shape index (κ2) is 8.30. The van der Waals surface area contributed by atoms with Crippen molar-refractivity contribution in [1.82, 2.24) is 9.97 Å². The topological polar surface area (TPSA) is 53.1 Å². The molecule has 0 atom stereocenters. The van der Waals surface area contributed by atoms with Gasteiger partial charge in [0, 0.05) is 37.1 Å². The molecule has 0 unspecified atom stereocenters. The number of nitrogens with zero attached hydrogens (tertiary/aromatic N) is 3. The van der Waals surface area contributed by atoms with E-state index in [4.69, 9.17) is 0 Å². The fourth-order valence-corrected chi connectivity index (χ4v) is 3.62. The first kappa shape index (κ1) is 18.3. The first-order valence-corrected chi connectivity index (χ1v) is 9.93. The van der Waals surface area contributed by atoms with Gasteiger partial charge >= 0.3 is 0 Å². The molecule has 0 aliphatic carbocycles. The lowest BCUT2D eigenvalue weighted by Crippen LogP contribution is -2.17. The molecule has 1 fully saturated rings. The van der Waals surface area contributed by atoms with Crippen LogP contribution in [0.15, 0.2) is 54.6 Å². The summed E-state index contributed by atoms with van der Waals surface area (Å²) < 4.78 is 0. The highest BCUT2D eigenvalue weighted by Gasteiger charge is 2.12. The SMILES string of the molecule is Cc1cccc(CNc2cc(Nc3ccc(N4CCCC4)cc3)nc(C)n2)c1. The summed E-state index contributed by atoms with van der Waals surface area (Å²) in [5.41, 5.74) is 4.83. The molecule has 5 heteroatoms. The van der Waals surface area contributed by atoms with Crippen LogP contribution in [0.3, 0.4) is 0 Å². The zero-order valence-corrected chi connectivity index (χ0v) is 16.6. The Labute approximate surface area is 166 Å². The highest BCUT2D eigenvalue weighted by molar-refractivity contribution is 5.62. The Balaban J connectivity index is 1.43. The molecule has 0 amide bonds. The molecule has 4 rings (SSSR count). The highest BCUT2D eigenvalue weighted by Crippen LogP contribution is 2.24. The van der Waals surface area contributed by atoms with Gasteiger partial charge in [0.1, 0.15) is 17.5 Å². The second-order valence-electron chi connectivity index (χ2n) is 7.39. The van der Waals surface area contributed by atoms with E-state index in [1.54, 1.807) is 0 Å². The smallest absolute Gasteiger partial charge is 0.136 e. The van der Waals surface area contributed by atoms with E-state index in [-0.39, 0.29) is 0 Å². The highest BCUT2D eigenvalue weighted by atomic mass is 15.1. The summed E-state index contributed by atoms with van der Waals surface area (Å²) in [4.78, 5) is 11.5. The summed E-state index contributed by atoms with van der Waals surface area (Å²) >= 11 is 0. The van der Waals surface area contributed by atoms with Crippen molar-refractivity contribution in [3.8, 4) is 0 Å². The van der Waals surface area contributed by atoms with Gasteiger partial charge in [-0.15, -0.1) is 0 Å². The number of hydrogen-bond acceptors (Lipinski definition) is 5. The Hall–Kier alpha value is -3.08. The minimum absolute atomic E-state index is 0.738. The minimum Gasteiger partial charge on any atom is -0.372 e. The van der Waals surface area contributed by atoms with Crippen LogP contribution in [-0.2, 0) is 6.54 Å². The summed E-state index contributed by atoms with van der Waals surface area (Å²) in [5, 5.41) is 6.80. The van der Waals surface area contributed by atoms with Crippen molar-refractivity contribution >= 4 is 23.0 Å². The molecule has 144 valence electrons. The molecule has 28 heavy (non-hydrogen) atoms. The van der Waals surface area contributed by atoms with Gasteiger partial charge in [0.05, 0.1) is 0 Å². The average Bonchev–Trinajstić information content (AvgIpc) is 3.21. The molecule has 2 N–H and O–H groups in total. The van der Waals surface area contributed by atoms with Crippen molar-refractivity contribution in [2.24, 2.45) is 0 Å². The van der Waals surface area contributed by atoms with Gasteiger partial charge in [-0.25, -0.2) is 9.97 Å². The zero-order chi connectivity index (χ0) is 19.3. The van der Waals surface area contributed by atoms with E-state index in [0.29, 0.717) is 0 Å². The van der Waals surface area contributed by atoms with Crippen LogP contribution >= 0.6 is 0 Å². The Morgan fingerprint density at radius 3 is 2.39 bits per heavy atom. The van der Waals surface area contributed by atoms with Crippen LogP contribution in [0.25, 0.3) is 0 Å². The zero-order valence-electron chi connectivity index (χ0n) is 16.6. The monoisotopic (exact) mass is 373 g/mol. The van der Waals surface area contributed by atoms with Gasteiger partial charge in [-0.2, -0.15) is 0 Å². The third-order valence-electron chi connectivity index (χ3n) is 5.00.